The first kappa shape index (κ1) is 15.0. The third-order valence-corrected chi connectivity index (χ3v) is 2.65. The molecule has 8 heteroatoms. The molecule has 3 N–H and O–H groups in total. The lowest BCUT2D eigenvalue weighted by molar-refractivity contribution is -0.136. The average Bonchev–Trinajstić information content (AvgIpc) is 2.37. The van der Waals surface area contributed by atoms with Gasteiger partial charge in [0.1, 0.15) is 5.82 Å². The molecule has 0 unspecified atom stereocenters. The van der Waals surface area contributed by atoms with Crippen molar-refractivity contribution in [2.45, 2.75) is 6.18 Å². The molecule has 2 rings (SSSR count). The van der Waals surface area contributed by atoms with Crippen LogP contribution in [0.2, 0.25) is 0 Å². The number of alkyl halides is 3. The molecule has 0 spiro atoms. The van der Waals surface area contributed by atoms with Crippen LogP contribution in [0.3, 0.4) is 0 Å². The fourth-order valence-corrected chi connectivity index (χ4v) is 1.65. The summed E-state index contributed by atoms with van der Waals surface area (Å²) in [4.78, 5) is 0. The number of nitrogens with two attached hydrogens (primary N) is 1. The molecule has 0 radical (unpaired) electrons. The Balaban J connectivity index is 2.39. The van der Waals surface area contributed by atoms with Gasteiger partial charge < -0.3 is 11.1 Å². The van der Waals surface area contributed by atoms with Gasteiger partial charge in [-0.1, -0.05) is 0 Å². The summed E-state index contributed by atoms with van der Waals surface area (Å²) < 4.78 is 77.2. The summed E-state index contributed by atoms with van der Waals surface area (Å²) in [7, 11) is 0. The third kappa shape index (κ3) is 3.21. The van der Waals surface area contributed by atoms with E-state index in [0.29, 0.717) is 18.2 Å². The van der Waals surface area contributed by atoms with E-state index in [0.717, 1.165) is 12.1 Å². The van der Waals surface area contributed by atoms with Crippen molar-refractivity contribution in [3.05, 3.63) is 53.3 Å². The van der Waals surface area contributed by atoms with Crippen LogP contribution in [0.4, 0.5) is 43.4 Å². The van der Waals surface area contributed by atoms with E-state index < -0.39 is 40.6 Å². The lowest BCUT2D eigenvalue weighted by Gasteiger charge is -2.13. The Hall–Kier alpha value is -2.38. The van der Waals surface area contributed by atoms with Gasteiger partial charge in [0.15, 0.2) is 11.6 Å². The van der Waals surface area contributed by atoms with Crippen LogP contribution >= 0.6 is 0 Å². The maximum atomic E-state index is 13.4. The second-order valence-electron chi connectivity index (χ2n) is 4.17. The summed E-state index contributed by atoms with van der Waals surface area (Å²) >= 11 is 0. The molecule has 0 saturated carbocycles. The zero-order valence-corrected chi connectivity index (χ0v) is 10.2. The van der Waals surface area contributed by atoms with E-state index in [1.807, 2.05) is 0 Å². The van der Waals surface area contributed by atoms with Crippen LogP contribution in [0.5, 0.6) is 0 Å². The Morgan fingerprint density at radius 3 is 2.10 bits per heavy atom. The summed E-state index contributed by atoms with van der Waals surface area (Å²) in [5, 5.41) is 2.24. The Labute approximate surface area is 115 Å². The molecule has 112 valence electrons. The molecule has 0 aliphatic heterocycles. The summed E-state index contributed by atoms with van der Waals surface area (Å²) in [5.41, 5.74) is 2.94. The van der Waals surface area contributed by atoms with Gasteiger partial charge in [-0.15, -0.1) is 0 Å². The predicted molar refractivity (Wildman–Crippen MR) is 65.5 cm³/mol. The van der Waals surface area contributed by atoms with Crippen molar-refractivity contribution in [1.29, 1.82) is 0 Å². The zero-order chi connectivity index (χ0) is 15.8. The average molecular weight is 306 g/mol. The molecule has 0 aromatic heterocycles. The van der Waals surface area contributed by atoms with Gasteiger partial charge in [-0.05, 0) is 18.2 Å². The monoisotopic (exact) mass is 306 g/mol. The molecular formula is C13H8F6N2. The number of hydrogen-bond donors (Lipinski definition) is 2. The van der Waals surface area contributed by atoms with Crippen LogP contribution in [-0.2, 0) is 6.18 Å². The van der Waals surface area contributed by atoms with E-state index >= 15 is 0 Å². The fourth-order valence-electron chi connectivity index (χ4n) is 1.65. The van der Waals surface area contributed by atoms with Gasteiger partial charge in [-0.2, -0.15) is 13.2 Å². The van der Waals surface area contributed by atoms with Crippen LogP contribution in [0.25, 0.3) is 0 Å². The van der Waals surface area contributed by atoms with Gasteiger partial charge in [0, 0.05) is 23.5 Å². The number of nitrogens with one attached hydrogen (secondary N) is 1. The summed E-state index contributed by atoms with van der Waals surface area (Å²) in [6.45, 7) is 0. The van der Waals surface area contributed by atoms with Gasteiger partial charge in [-0.25, -0.2) is 13.2 Å². The Kier molecular flexibility index (Phi) is 3.71. The largest absolute Gasteiger partial charge is 0.418 e. The Morgan fingerprint density at radius 2 is 1.48 bits per heavy atom. The van der Waals surface area contributed by atoms with Crippen LogP contribution < -0.4 is 11.1 Å². The van der Waals surface area contributed by atoms with Crippen molar-refractivity contribution < 1.29 is 26.3 Å². The SMILES string of the molecule is Nc1ccc(Nc2cc(F)c(F)cc2F)cc1C(F)(F)F. The number of hydrogen-bond acceptors (Lipinski definition) is 2. The molecule has 0 amide bonds. The minimum atomic E-state index is -4.69. The lowest BCUT2D eigenvalue weighted by atomic mass is 10.1. The highest BCUT2D eigenvalue weighted by molar-refractivity contribution is 5.65. The van der Waals surface area contributed by atoms with Crippen LogP contribution in [-0.4, -0.2) is 0 Å². The predicted octanol–water partition coefficient (Wildman–Crippen LogP) is 4.45. The topological polar surface area (TPSA) is 38.0 Å². The lowest BCUT2D eigenvalue weighted by Crippen LogP contribution is -2.09. The molecule has 2 nitrogen and oxygen atoms in total. The minimum Gasteiger partial charge on any atom is -0.398 e. The second-order valence-corrected chi connectivity index (χ2v) is 4.17. The molecule has 2 aromatic carbocycles. The first-order valence-electron chi connectivity index (χ1n) is 5.57. The van der Waals surface area contributed by atoms with Crippen molar-refractivity contribution in [2.75, 3.05) is 11.1 Å². The van der Waals surface area contributed by atoms with Crippen LogP contribution in [0.15, 0.2) is 30.3 Å². The van der Waals surface area contributed by atoms with Crippen molar-refractivity contribution >= 4 is 17.1 Å². The van der Waals surface area contributed by atoms with Crippen LogP contribution in [0.1, 0.15) is 5.56 Å². The first-order valence-corrected chi connectivity index (χ1v) is 5.57. The van der Waals surface area contributed by atoms with E-state index in [2.05, 4.69) is 5.32 Å². The molecule has 0 saturated heterocycles. The zero-order valence-electron chi connectivity index (χ0n) is 10.2. The number of anilines is 3. The minimum absolute atomic E-state index is 0.165. The number of benzene rings is 2. The molecule has 0 bridgehead atoms. The van der Waals surface area contributed by atoms with Crippen LogP contribution in [0, 0.1) is 17.5 Å². The van der Waals surface area contributed by atoms with Crippen molar-refractivity contribution in [3.8, 4) is 0 Å². The normalized spacial score (nSPS) is 11.5. The number of halogens is 6. The Morgan fingerprint density at radius 1 is 0.857 bits per heavy atom. The highest BCUT2D eigenvalue weighted by atomic mass is 19.4. The molecule has 0 aliphatic carbocycles. The van der Waals surface area contributed by atoms with Crippen molar-refractivity contribution in [3.63, 3.8) is 0 Å². The number of rotatable bonds is 2. The molecule has 0 heterocycles. The van der Waals surface area contributed by atoms with Gasteiger partial charge in [0.2, 0.25) is 0 Å². The van der Waals surface area contributed by atoms with E-state index in [1.165, 1.54) is 0 Å². The molecule has 0 atom stereocenters. The maximum absolute atomic E-state index is 13.4. The van der Waals surface area contributed by atoms with E-state index in [4.69, 9.17) is 5.73 Å². The third-order valence-electron chi connectivity index (χ3n) is 2.65. The van der Waals surface area contributed by atoms with Gasteiger partial charge in [-0.3, -0.25) is 0 Å². The maximum Gasteiger partial charge on any atom is 0.418 e. The summed E-state index contributed by atoms with van der Waals surface area (Å²) in [5.74, 6) is -3.86. The summed E-state index contributed by atoms with van der Waals surface area (Å²) in [6.07, 6.45) is -4.69. The van der Waals surface area contributed by atoms with Gasteiger partial charge >= 0.3 is 6.18 Å². The molecule has 2 aromatic rings. The Bertz CT molecular complexity index is 681. The second kappa shape index (κ2) is 5.19. The van der Waals surface area contributed by atoms with E-state index in [1.54, 1.807) is 0 Å². The fraction of sp³-hybridized carbons (Fsp3) is 0.0769. The standard InChI is InChI=1S/C13H8F6N2/c14-8-4-10(16)12(5-9(8)15)21-6-1-2-11(20)7(3-6)13(17,18)19/h1-5,21H,20H2. The quantitative estimate of drug-likeness (QED) is 0.489. The highest BCUT2D eigenvalue weighted by Crippen LogP contribution is 2.36. The number of nitrogen functional groups attached to an aromatic ring is 1. The van der Waals surface area contributed by atoms with Crippen molar-refractivity contribution in [1.82, 2.24) is 0 Å². The van der Waals surface area contributed by atoms with Gasteiger partial charge in [0.05, 0.1) is 11.3 Å². The first-order chi connectivity index (χ1) is 9.68. The summed E-state index contributed by atoms with van der Waals surface area (Å²) in [6, 6.07) is 3.58. The molecule has 21 heavy (non-hydrogen) atoms. The van der Waals surface area contributed by atoms with Crippen molar-refractivity contribution in [2.24, 2.45) is 0 Å². The highest BCUT2D eigenvalue weighted by Gasteiger charge is 2.33. The van der Waals surface area contributed by atoms with E-state index in [9.17, 15) is 26.3 Å². The molecule has 0 aliphatic rings. The smallest absolute Gasteiger partial charge is 0.398 e. The molecule has 0 fully saturated rings. The van der Waals surface area contributed by atoms with E-state index in [-0.39, 0.29) is 5.69 Å². The van der Waals surface area contributed by atoms with Gasteiger partial charge in [0.25, 0.3) is 0 Å². The molecular weight excluding hydrogens is 298 g/mol.